The first-order valence-corrected chi connectivity index (χ1v) is 3.34. The van der Waals surface area contributed by atoms with E-state index in [1.165, 1.54) is 6.08 Å². The summed E-state index contributed by atoms with van der Waals surface area (Å²) in [6.07, 6.45) is 2.43. The molecule has 0 aliphatic carbocycles. The van der Waals surface area contributed by atoms with Crippen molar-refractivity contribution in [1.82, 2.24) is 0 Å². The Morgan fingerprint density at radius 1 is 1.69 bits per heavy atom. The standard InChI is InChI=1S/C7H9N3O3/c1-2-3-9-6(5-11)7(4-8)10(12)13/h2,4-5H,1,3,8H2/b7-4+,9-6?. The predicted molar refractivity (Wildman–Crippen MR) is 47.8 cm³/mol. The quantitative estimate of drug-likeness (QED) is 0.211. The molecular weight excluding hydrogens is 174 g/mol. The molecule has 0 aromatic carbocycles. The van der Waals surface area contributed by atoms with E-state index < -0.39 is 10.6 Å². The van der Waals surface area contributed by atoms with Crippen LogP contribution in [0.1, 0.15) is 0 Å². The summed E-state index contributed by atoms with van der Waals surface area (Å²) in [7, 11) is 0. The van der Waals surface area contributed by atoms with Crippen LogP contribution in [0.15, 0.2) is 29.5 Å². The van der Waals surface area contributed by atoms with Crippen LogP contribution in [0.4, 0.5) is 0 Å². The van der Waals surface area contributed by atoms with Gasteiger partial charge in [-0.25, -0.2) is 0 Å². The number of carbonyl (C=O) groups is 1. The molecular formula is C7H9N3O3. The minimum Gasteiger partial charge on any atom is -0.399 e. The average molecular weight is 183 g/mol. The third-order valence-corrected chi connectivity index (χ3v) is 1.12. The van der Waals surface area contributed by atoms with Gasteiger partial charge in [0.05, 0.1) is 17.7 Å². The minimum absolute atomic E-state index is 0.138. The van der Waals surface area contributed by atoms with Crippen molar-refractivity contribution in [2.75, 3.05) is 6.54 Å². The second-order valence-electron chi connectivity index (χ2n) is 1.94. The number of nitrogens with zero attached hydrogens (tertiary/aromatic N) is 2. The van der Waals surface area contributed by atoms with Crippen LogP contribution in [-0.2, 0) is 4.79 Å². The molecule has 0 fully saturated rings. The van der Waals surface area contributed by atoms with Crippen LogP contribution in [0.2, 0.25) is 0 Å². The van der Waals surface area contributed by atoms with Crippen LogP contribution in [0, 0.1) is 10.1 Å². The molecule has 6 nitrogen and oxygen atoms in total. The average Bonchev–Trinajstić information content (AvgIpc) is 2.11. The first-order chi connectivity index (χ1) is 6.17. The van der Waals surface area contributed by atoms with E-state index in [2.05, 4.69) is 11.6 Å². The maximum Gasteiger partial charge on any atom is 0.313 e. The molecule has 0 aliphatic rings. The van der Waals surface area contributed by atoms with Gasteiger partial charge in [-0.1, -0.05) is 6.08 Å². The lowest BCUT2D eigenvalue weighted by molar-refractivity contribution is -0.415. The van der Waals surface area contributed by atoms with Gasteiger partial charge in [0, 0.05) is 0 Å². The number of nitrogens with two attached hydrogens (primary N) is 1. The SMILES string of the molecule is C=CCN=C(C=O)/C(=C\N)[N+](=O)[O-]. The summed E-state index contributed by atoms with van der Waals surface area (Å²) >= 11 is 0. The zero-order chi connectivity index (χ0) is 10.3. The molecule has 0 aromatic heterocycles. The lowest BCUT2D eigenvalue weighted by atomic mass is 10.3. The van der Waals surface area contributed by atoms with Gasteiger partial charge in [0.15, 0.2) is 12.0 Å². The predicted octanol–water partition coefficient (Wildman–Crippen LogP) is -0.111. The van der Waals surface area contributed by atoms with Crippen molar-refractivity contribution >= 4 is 12.0 Å². The van der Waals surface area contributed by atoms with Crippen molar-refractivity contribution in [3.05, 3.63) is 34.7 Å². The molecule has 13 heavy (non-hydrogen) atoms. The van der Waals surface area contributed by atoms with Crippen LogP contribution in [0.5, 0.6) is 0 Å². The first kappa shape index (κ1) is 11.0. The Balaban J connectivity index is 4.84. The van der Waals surface area contributed by atoms with Gasteiger partial charge in [-0.3, -0.25) is 19.9 Å². The molecule has 70 valence electrons. The van der Waals surface area contributed by atoms with Gasteiger partial charge in [-0.2, -0.15) is 0 Å². The number of aldehydes is 1. The van der Waals surface area contributed by atoms with Gasteiger partial charge in [0.2, 0.25) is 0 Å². The van der Waals surface area contributed by atoms with Crippen LogP contribution in [-0.4, -0.2) is 23.5 Å². The molecule has 0 aliphatic heterocycles. The summed E-state index contributed by atoms with van der Waals surface area (Å²) in [6, 6.07) is 0. The maximum atomic E-state index is 10.3. The third-order valence-electron chi connectivity index (χ3n) is 1.12. The molecule has 0 bridgehead atoms. The molecule has 0 radical (unpaired) electrons. The first-order valence-electron chi connectivity index (χ1n) is 3.34. The molecule has 0 amide bonds. The van der Waals surface area contributed by atoms with Crippen molar-refractivity contribution in [2.24, 2.45) is 10.7 Å². The van der Waals surface area contributed by atoms with Crippen molar-refractivity contribution in [3.63, 3.8) is 0 Å². The Kier molecular flexibility index (Phi) is 4.78. The molecule has 2 N–H and O–H groups in total. The fourth-order valence-corrected chi connectivity index (χ4v) is 0.581. The van der Waals surface area contributed by atoms with E-state index in [1.54, 1.807) is 0 Å². The summed E-state index contributed by atoms with van der Waals surface area (Å²) in [4.78, 5) is 23.5. The van der Waals surface area contributed by atoms with Crippen molar-refractivity contribution in [3.8, 4) is 0 Å². The second-order valence-corrected chi connectivity index (χ2v) is 1.94. The summed E-state index contributed by atoms with van der Waals surface area (Å²) in [6.45, 7) is 3.49. The molecule has 0 saturated carbocycles. The van der Waals surface area contributed by atoms with E-state index in [1.807, 2.05) is 0 Å². The molecule has 0 heterocycles. The van der Waals surface area contributed by atoms with Gasteiger partial charge in [0.1, 0.15) is 0 Å². The Bertz CT molecular complexity index is 281. The molecule has 0 rings (SSSR count). The Hall–Kier alpha value is -1.98. The van der Waals surface area contributed by atoms with Crippen molar-refractivity contribution in [2.45, 2.75) is 0 Å². The van der Waals surface area contributed by atoms with Crippen molar-refractivity contribution in [1.29, 1.82) is 0 Å². The minimum atomic E-state index is -0.768. The molecule has 0 atom stereocenters. The number of carbonyl (C=O) groups excluding carboxylic acids is 1. The highest BCUT2D eigenvalue weighted by atomic mass is 16.6. The van der Waals surface area contributed by atoms with Crippen LogP contribution in [0.25, 0.3) is 0 Å². The van der Waals surface area contributed by atoms with Gasteiger partial charge in [0.25, 0.3) is 0 Å². The van der Waals surface area contributed by atoms with Gasteiger partial charge >= 0.3 is 5.70 Å². The highest BCUT2D eigenvalue weighted by molar-refractivity contribution is 6.35. The number of nitro groups is 1. The summed E-state index contributed by atoms with van der Waals surface area (Å²) in [5.41, 5.74) is 4.16. The highest BCUT2D eigenvalue weighted by Crippen LogP contribution is 1.96. The fourth-order valence-electron chi connectivity index (χ4n) is 0.581. The largest absolute Gasteiger partial charge is 0.399 e. The zero-order valence-electron chi connectivity index (χ0n) is 6.84. The van der Waals surface area contributed by atoms with Crippen molar-refractivity contribution < 1.29 is 9.72 Å². The highest BCUT2D eigenvalue weighted by Gasteiger charge is 2.16. The van der Waals surface area contributed by atoms with E-state index in [-0.39, 0.29) is 18.5 Å². The smallest absolute Gasteiger partial charge is 0.313 e. The van der Waals surface area contributed by atoms with Gasteiger partial charge in [-0.05, 0) is 0 Å². The van der Waals surface area contributed by atoms with Crippen LogP contribution >= 0.6 is 0 Å². The summed E-state index contributed by atoms with van der Waals surface area (Å²) in [5.74, 6) is 0. The molecule has 0 spiro atoms. The lowest BCUT2D eigenvalue weighted by Gasteiger charge is -1.93. The summed E-state index contributed by atoms with van der Waals surface area (Å²) < 4.78 is 0. The fraction of sp³-hybridized carbons (Fsp3) is 0.143. The number of hydrogen-bond donors (Lipinski definition) is 1. The Morgan fingerprint density at radius 2 is 2.31 bits per heavy atom. The Labute approximate surface area is 74.6 Å². The maximum absolute atomic E-state index is 10.3. The van der Waals surface area contributed by atoms with E-state index in [9.17, 15) is 14.9 Å². The number of rotatable bonds is 5. The van der Waals surface area contributed by atoms with Gasteiger partial charge < -0.3 is 5.73 Å². The zero-order valence-corrected chi connectivity index (χ0v) is 6.84. The molecule has 6 heteroatoms. The molecule has 0 saturated heterocycles. The van der Waals surface area contributed by atoms with Crippen LogP contribution < -0.4 is 5.73 Å². The van der Waals surface area contributed by atoms with Crippen LogP contribution in [0.3, 0.4) is 0 Å². The van der Waals surface area contributed by atoms with E-state index >= 15 is 0 Å². The lowest BCUT2D eigenvalue weighted by Crippen LogP contribution is -2.15. The monoisotopic (exact) mass is 183 g/mol. The number of aliphatic imine (C=N–C) groups is 1. The second kappa shape index (κ2) is 5.64. The number of hydrogen-bond acceptors (Lipinski definition) is 5. The Morgan fingerprint density at radius 3 is 2.62 bits per heavy atom. The van der Waals surface area contributed by atoms with E-state index in [0.29, 0.717) is 0 Å². The third kappa shape index (κ3) is 3.28. The molecule has 0 aromatic rings. The number of allylic oxidation sites excluding steroid dienone is 1. The van der Waals surface area contributed by atoms with E-state index in [4.69, 9.17) is 5.73 Å². The normalized spacial score (nSPS) is 12.3. The van der Waals surface area contributed by atoms with Gasteiger partial charge in [-0.15, -0.1) is 6.58 Å². The summed E-state index contributed by atoms with van der Waals surface area (Å²) in [5, 5.41) is 10.3. The van der Waals surface area contributed by atoms with E-state index in [0.717, 1.165) is 6.20 Å². The molecule has 0 unspecified atom stereocenters. The topological polar surface area (TPSA) is 98.6 Å².